The van der Waals surface area contributed by atoms with Crippen molar-refractivity contribution in [3.63, 3.8) is 0 Å². The molecule has 0 bridgehead atoms. The Morgan fingerprint density at radius 2 is 1.68 bits per heavy atom. The van der Waals surface area contributed by atoms with E-state index < -0.39 is 11.9 Å². The topological polar surface area (TPSA) is 117 Å². The highest BCUT2D eigenvalue weighted by molar-refractivity contribution is 6.02. The molecule has 3 aromatic carbocycles. The molecule has 0 fully saturated rings. The van der Waals surface area contributed by atoms with Crippen molar-refractivity contribution >= 4 is 22.7 Å². The van der Waals surface area contributed by atoms with Crippen molar-refractivity contribution in [1.29, 1.82) is 0 Å². The van der Waals surface area contributed by atoms with Crippen LogP contribution in [0.5, 0.6) is 0 Å². The number of benzene rings is 3. The average molecular weight is 450 g/mol. The predicted octanol–water partition coefficient (Wildman–Crippen LogP) is 4.05. The summed E-state index contributed by atoms with van der Waals surface area (Å²) >= 11 is 0. The molecule has 0 aliphatic heterocycles. The quantitative estimate of drug-likeness (QED) is 0.300. The van der Waals surface area contributed by atoms with E-state index in [0.29, 0.717) is 16.8 Å². The van der Waals surface area contributed by atoms with Crippen LogP contribution in [0, 0.1) is 0 Å². The number of rotatable bonds is 7. The SMILES string of the molecule is NC(=O)[C@H](Cc1c[nH]c2ccccc12)NC(=O)c1ccccc1-c1cc(-c2ccccc2)[nH]n1. The summed E-state index contributed by atoms with van der Waals surface area (Å²) in [7, 11) is 0. The standard InChI is InChI=1S/C27H23N5O2/c28-26(33)25(14-18-16-29-22-13-7-6-10-19(18)22)30-27(34)21-12-5-4-11-20(21)24-15-23(31-32-24)17-8-2-1-3-9-17/h1-13,15-16,25,29H,14H2,(H2,28,33)(H,30,34)(H,31,32)/t25-/m0/s1. The van der Waals surface area contributed by atoms with Crippen molar-refractivity contribution in [2.75, 3.05) is 0 Å². The number of para-hydroxylation sites is 1. The van der Waals surface area contributed by atoms with Crippen molar-refractivity contribution in [3.8, 4) is 22.5 Å². The van der Waals surface area contributed by atoms with Crippen LogP contribution < -0.4 is 11.1 Å². The van der Waals surface area contributed by atoms with E-state index in [4.69, 9.17) is 5.73 Å². The van der Waals surface area contributed by atoms with Crippen LogP contribution in [-0.4, -0.2) is 33.0 Å². The second-order valence-corrected chi connectivity index (χ2v) is 8.07. The minimum absolute atomic E-state index is 0.286. The Bertz CT molecular complexity index is 1470. The van der Waals surface area contributed by atoms with E-state index in [1.165, 1.54) is 0 Å². The number of hydrogen-bond donors (Lipinski definition) is 4. The molecule has 34 heavy (non-hydrogen) atoms. The zero-order valence-corrected chi connectivity index (χ0v) is 18.3. The molecule has 5 aromatic rings. The zero-order valence-electron chi connectivity index (χ0n) is 18.3. The summed E-state index contributed by atoms with van der Waals surface area (Å²) in [5.74, 6) is -0.981. The number of hydrogen-bond acceptors (Lipinski definition) is 3. The Balaban J connectivity index is 1.40. The molecule has 2 aromatic heterocycles. The van der Waals surface area contributed by atoms with Crippen molar-refractivity contribution in [1.82, 2.24) is 20.5 Å². The summed E-state index contributed by atoms with van der Waals surface area (Å²) in [5, 5.41) is 11.3. The number of aromatic amines is 2. The molecule has 7 heteroatoms. The lowest BCUT2D eigenvalue weighted by atomic mass is 10.0. The largest absolute Gasteiger partial charge is 0.368 e. The van der Waals surface area contributed by atoms with Gasteiger partial charge in [-0.15, -0.1) is 0 Å². The van der Waals surface area contributed by atoms with E-state index in [2.05, 4.69) is 20.5 Å². The fourth-order valence-electron chi connectivity index (χ4n) is 4.11. The van der Waals surface area contributed by atoms with Crippen LogP contribution in [0.2, 0.25) is 0 Å². The molecular formula is C27H23N5O2. The van der Waals surface area contributed by atoms with E-state index in [-0.39, 0.29) is 12.3 Å². The van der Waals surface area contributed by atoms with Gasteiger partial charge in [-0.3, -0.25) is 14.7 Å². The normalized spacial score (nSPS) is 11.9. The Morgan fingerprint density at radius 3 is 2.50 bits per heavy atom. The number of nitrogens with zero attached hydrogens (tertiary/aromatic N) is 1. The van der Waals surface area contributed by atoms with Gasteiger partial charge in [-0.2, -0.15) is 5.10 Å². The average Bonchev–Trinajstić information content (AvgIpc) is 3.52. The number of primary amides is 1. The van der Waals surface area contributed by atoms with E-state index in [0.717, 1.165) is 27.7 Å². The summed E-state index contributed by atoms with van der Waals surface area (Å²) in [4.78, 5) is 28.7. The molecule has 0 aliphatic carbocycles. The third-order valence-electron chi connectivity index (χ3n) is 5.86. The van der Waals surface area contributed by atoms with Crippen molar-refractivity contribution < 1.29 is 9.59 Å². The number of amides is 2. The van der Waals surface area contributed by atoms with Gasteiger partial charge in [0.25, 0.3) is 5.91 Å². The smallest absolute Gasteiger partial charge is 0.252 e. The highest BCUT2D eigenvalue weighted by atomic mass is 16.2. The Hall–Kier alpha value is -4.65. The van der Waals surface area contributed by atoms with Gasteiger partial charge in [0.1, 0.15) is 6.04 Å². The Labute approximate surface area is 196 Å². The zero-order chi connectivity index (χ0) is 23.5. The first-order valence-electron chi connectivity index (χ1n) is 11.0. The minimum atomic E-state index is -0.862. The summed E-state index contributed by atoms with van der Waals surface area (Å²) in [6.45, 7) is 0. The number of carbonyl (C=O) groups excluding carboxylic acids is 2. The van der Waals surface area contributed by atoms with E-state index in [1.807, 2.05) is 79.0 Å². The van der Waals surface area contributed by atoms with Gasteiger partial charge in [-0.25, -0.2) is 0 Å². The van der Waals surface area contributed by atoms with Gasteiger partial charge < -0.3 is 16.0 Å². The number of nitrogens with one attached hydrogen (secondary N) is 3. The lowest BCUT2D eigenvalue weighted by molar-refractivity contribution is -0.119. The van der Waals surface area contributed by atoms with Crippen LogP contribution in [0.25, 0.3) is 33.4 Å². The molecule has 2 heterocycles. The fraction of sp³-hybridized carbons (Fsp3) is 0.0741. The molecule has 5 rings (SSSR count). The number of H-pyrrole nitrogens is 2. The van der Waals surface area contributed by atoms with Gasteiger partial charge in [0.2, 0.25) is 5.91 Å². The van der Waals surface area contributed by atoms with Crippen LogP contribution >= 0.6 is 0 Å². The molecule has 5 N–H and O–H groups in total. The molecule has 168 valence electrons. The van der Waals surface area contributed by atoms with E-state index in [9.17, 15) is 9.59 Å². The summed E-state index contributed by atoms with van der Waals surface area (Å²) in [6.07, 6.45) is 2.13. The maximum absolute atomic E-state index is 13.3. The van der Waals surface area contributed by atoms with Crippen LogP contribution in [0.15, 0.2) is 91.1 Å². The van der Waals surface area contributed by atoms with E-state index in [1.54, 1.807) is 12.1 Å². The van der Waals surface area contributed by atoms with Gasteiger partial charge in [0.15, 0.2) is 0 Å². The van der Waals surface area contributed by atoms with Crippen molar-refractivity contribution in [2.24, 2.45) is 5.73 Å². The predicted molar refractivity (Wildman–Crippen MR) is 132 cm³/mol. The monoisotopic (exact) mass is 449 g/mol. The fourth-order valence-corrected chi connectivity index (χ4v) is 4.11. The second-order valence-electron chi connectivity index (χ2n) is 8.07. The first kappa shape index (κ1) is 21.2. The van der Waals surface area contributed by atoms with Gasteiger partial charge in [0.05, 0.1) is 11.4 Å². The Morgan fingerprint density at radius 1 is 0.941 bits per heavy atom. The Kier molecular flexibility index (Phi) is 5.66. The first-order chi connectivity index (χ1) is 16.6. The maximum atomic E-state index is 13.3. The number of nitrogens with two attached hydrogens (primary N) is 1. The summed E-state index contributed by atoms with van der Waals surface area (Å²) in [5.41, 5.74) is 11.1. The van der Waals surface area contributed by atoms with Crippen LogP contribution in [0.4, 0.5) is 0 Å². The third-order valence-corrected chi connectivity index (χ3v) is 5.86. The van der Waals surface area contributed by atoms with Crippen LogP contribution in [0.1, 0.15) is 15.9 Å². The maximum Gasteiger partial charge on any atom is 0.252 e. The van der Waals surface area contributed by atoms with Crippen molar-refractivity contribution in [3.05, 3.63) is 102 Å². The minimum Gasteiger partial charge on any atom is -0.368 e. The van der Waals surface area contributed by atoms with Gasteiger partial charge >= 0.3 is 0 Å². The van der Waals surface area contributed by atoms with Crippen LogP contribution in [0.3, 0.4) is 0 Å². The lowest BCUT2D eigenvalue weighted by Crippen LogP contribution is -2.46. The van der Waals surface area contributed by atoms with Gasteiger partial charge in [0, 0.05) is 34.6 Å². The third kappa shape index (κ3) is 4.19. The van der Waals surface area contributed by atoms with Gasteiger partial charge in [-0.05, 0) is 29.3 Å². The molecular weight excluding hydrogens is 426 g/mol. The molecule has 0 spiro atoms. The molecule has 0 radical (unpaired) electrons. The van der Waals surface area contributed by atoms with E-state index >= 15 is 0 Å². The number of carbonyl (C=O) groups is 2. The number of aromatic nitrogens is 3. The highest BCUT2D eigenvalue weighted by Crippen LogP contribution is 2.26. The molecule has 0 saturated carbocycles. The van der Waals surface area contributed by atoms with Gasteiger partial charge in [-0.1, -0.05) is 66.7 Å². The summed E-state index contributed by atoms with van der Waals surface area (Å²) in [6, 6.07) is 25.8. The van der Waals surface area contributed by atoms with Crippen LogP contribution in [-0.2, 0) is 11.2 Å². The molecule has 0 unspecified atom stereocenters. The molecule has 1 atom stereocenters. The lowest BCUT2D eigenvalue weighted by Gasteiger charge is -2.16. The second kappa shape index (κ2) is 9.07. The summed E-state index contributed by atoms with van der Waals surface area (Å²) < 4.78 is 0. The molecule has 0 saturated heterocycles. The molecule has 0 aliphatic rings. The molecule has 2 amide bonds. The highest BCUT2D eigenvalue weighted by Gasteiger charge is 2.23. The molecule has 7 nitrogen and oxygen atoms in total. The number of fused-ring (bicyclic) bond motifs is 1. The van der Waals surface area contributed by atoms with Crippen molar-refractivity contribution in [2.45, 2.75) is 12.5 Å². The first-order valence-corrected chi connectivity index (χ1v) is 11.0.